The van der Waals surface area contributed by atoms with E-state index in [9.17, 15) is 14.4 Å². The van der Waals surface area contributed by atoms with E-state index in [2.05, 4.69) is 0 Å². The van der Waals surface area contributed by atoms with Gasteiger partial charge in [-0.05, 0) is 38.8 Å². The van der Waals surface area contributed by atoms with Gasteiger partial charge in [-0.25, -0.2) is 4.79 Å². The number of carbonyl (C=O) groups is 3. The summed E-state index contributed by atoms with van der Waals surface area (Å²) >= 11 is 0. The van der Waals surface area contributed by atoms with Gasteiger partial charge in [-0.2, -0.15) is 0 Å². The number of esters is 1. The van der Waals surface area contributed by atoms with Crippen molar-refractivity contribution in [2.75, 3.05) is 19.7 Å². The summed E-state index contributed by atoms with van der Waals surface area (Å²) in [5.74, 6) is -0.849. The van der Waals surface area contributed by atoms with Crippen molar-refractivity contribution in [3.63, 3.8) is 0 Å². The monoisotopic (exact) mass is 339 g/mol. The van der Waals surface area contributed by atoms with E-state index in [0.29, 0.717) is 22.4 Å². The number of likely N-dealkylation sites (tertiary alicyclic amines) is 1. The van der Waals surface area contributed by atoms with Crippen LogP contribution in [0.15, 0.2) is 52.7 Å². The summed E-state index contributed by atoms with van der Waals surface area (Å²) in [6, 6.07) is 8.58. The standard InChI is InChI=1S/C20H21NO4/c1-13-16(12-25-20(24)15-8-4-3-5-9-15)18(22)14(2)17(19(13)23)21-10-6-7-11-21/h3-5,8-9H,6-7,10-12H2,1-2H3. The summed E-state index contributed by atoms with van der Waals surface area (Å²) in [4.78, 5) is 39.5. The van der Waals surface area contributed by atoms with Crippen LogP contribution >= 0.6 is 0 Å². The van der Waals surface area contributed by atoms with Crippen LogP contribution in [-0.2, 0) is 14.3 Å². The molecule has 1 aromatic rings. The molecule has 2 aliphatic rings. The number of ketones is 2. The Hall–Kier alpha value is -2.69. The Morgan fingerprint density at radius 1 is 1.00 bits per heavy atom. The third kappa shape index (κ3) is 3.27. The van der Waals surface area contributed by atoms with Crippen molar-refractivity contribution < 1.29 is 19.1 Å². The molecular weight excluding hydrogens is 318 g/mol. The lowest BCUT2D eigenvalue weighted by molar-refractivity contribution is -0.117. The zero-order chi connectivity index (χ0) is 18.0. The third-order valence-corrected chi connectivity index (χ3v) is 4.76. The number of Topliss-reactive ketones (excluding diaryl/α,β-unsaturated/α-hetero) is 2. The fraction of sp³-hybridized carbons (Fsp3) is 0.350. The van der Waals surface area contributed by atoms with Crippen LogP contribution < -0.4 is 0 Å². The van der Waals surface area contributed by atoms with E-state index in [1.165, 1.54) is 0 Å². The second-order valence-corrected chi connectivity index (χ2v) is 6.37. The fourth-order valence-corrected chi connectivity index (χ4v) is 3.28. The highest BCUT2D eigenvalue weighted by molar-refractivity contribution is 6.24. The molecule has 1 aliphatic heterocycles. The summed E-state index contributed by atoms with van der Waals surface area (Å²) in [6.07, 6.45) is 2.06. The molecule has 1 heterocycles. The Labute approximate surface area is 147 Å². The van der Waals surface area contributed by atoms with Gasteiger partial charge >= 0.3 is 5.97 Å². The number of allylic oxidation sites excluding steroid dienone is 2. The van der Waals surface area contributed by atoms with Crippen molar-refractivity contribution in [1.82, 2.24) is 4.90 Å². The molecule has 1 fully saturated rings. The van der Waals surface area contributed by atoms with Crippen LogP contribution in [0.25, 0.3) is 0 Å². The Balaban J connectivity index is 1.77. The topological polar surface area (TPSA) is 63.7 Å². The Morgan fingerprint density at radius 2 is 1.64 bits per heavy atom. The number of nitrogens with zero attached hydrogens (tertiary/aromatic N) is 1. The van der Waals surface area contributed by atoms with Crippen molar-refractivity contribution >= 4 is 17.5 Å². The van der Waals surface area contributed by atoms with Crippen LogP contribution in [0.1, 0.15) is 37.0 Å². The molecule has 3 rings (SSSR count). The van der Waals surface area contributed by atoms with Gasteiger partial charge in [0.25, 0.3) is 0 Å². The van der Waals surface area contributed by atoms with Gasteiger partial charge in [-0.15, -0.1) is 0 Å². The SMILES string of the molecule is CC1=C(COC(=O)c2ccccc2)C(=O)C(C)=C(N2CCCC2)C1=O. The van der Waals surface area contributed by atoms with Gasteiger partial charge in [0.1, 0.15) is 6.61 Å². The fourth-order valence-electron chi connectivity index (χ4n) is 3.28. The lowest BCUT2D eigenvalue weighted by Gasteiger charge is -2.27. The predicted molar refractivity (Wildman–Crippen MR) is 92.9 cm³/mol. The van der Waals surface area contributed by atoms with E-state index < -0.39 is 5.97 Å². The van der Waals surface area contributed by atoms with Crippen LogP contribution in [0, 0.1) is 0 Å². The van der Waals surface area contributed by atoms with E-state index in [4.69, 9.17) is 4.74 Å². The summed E-state index contributed by atoms with van der Waals surface area (Å²) < 4.78 is 5.26. The van der Waals surface area contributed by atoms with Gasteiger partial charge in [0.15, 0.2) is 5.78 Å². The Bertz CT molecular complexity index is 783. The Morgan fingerprint density at radius 3 is 2.28 bits per heavy atom. The zero-order valence-electron chi connectivity index (χ0n) is 14.5. The van der Waals surface area contributed by atoms with E-state index >= 15 is 0 Å². The lowest BCUT2D eigenvalue weighted by atomic mass is 9.88. The molecule has 0 spiro atoms. The maximum absolute atomic E-state index is 12.7. The molecule has 0 bridgehead atoms. The molecule has 0 unspecified atom stereocenters. The minimum Gasteiger partial charge on any atom is -0.457 e. The lowest BCUT2D eigenvalue weighted by Crippen LogP contribution is -2.33. The van der Waals surface area contributed by atoms with Crippen LogP contribution in [-0.4, -0.2) is 42.1 Å². The van der Waals surface area contributed by atoms with Gasteiger partial charge in [0.2, 0.25) is 5.78 Å². The van der Waals surface area contributed by atoms with Crippen molar-refractivity contribution in [1.29, 1.82) is 0 Å². The van der Waals surface area contributed by atoms with Gasteiger partial charge in [0.05, 0.1) is 11.3 Å². The minimum absolute atomic E-state index is 0.134. The van der Waals surface area contributed by atoms with Crippen LogP contribution in [0.2, 0.25) is 0 Å². The molecule has 0 aromatic heterocycles. The molecule has 25 heavy (non-hydrogen) atoms. The maximum Gasteiger partial charge on any atom is 0.338 e. The number of rotatable bonds is 4. The van der Waals surface area contributed by atoms with Crippen LogP contribution in [0.4, 0.5) is 0 Å². The second-order valence-electron chi connectivity index (χ2n) is 6.37. The molecular formula is C20H21NO4. The molecule has 0 N–H and O–H groups in total. The first-order chi connectivity index (χ1) is 12.0. The summed E-state index contributed by atoms with van der Waals surface area (Å²) in [5, 5.41) is 0. The zero-order valence-corrected chi connectivity index (χ0v) is 14.5. The second kappa shape index (κ2) is 7.05. The summed E-state index contributed by atoms with van der Waals surface area (Å²) in [5.41, 5.74) is 2.02. The maximum atomic E-state index is 12.7. The van der Waals surface area contributed by atoms with Gasteiger partial charge in [0, 0.05) is 29.8 Å². The van der Waals surface area contributed by atoms with Crippen LogP contribution in [0.5, 0.6) is 0 Å². The van der Waals surface area contributed by atoms with E-state index in [-0.39, 0.29) is 23.7 Å². The highest BCUT2D eigenvalue weighted by Gasteiger charge is 2.34. The van der Waals surface area contributed by atoms with Gasteiger partial charge in [-0.3, -0.25) is 9.59 Å². The summed E-state index contributed by atoms with van der Waals surface area (Å²) in [7, 11) is 0. The van der Waals surface area contributed by atoms with Crippen molar-refractivity contribution in [2.45, 2.75) is 26.7 Å². The first-order valence-electron chi connectivity index (χ1n) is 8.48. The van der Waals surface area contributed by atoms with E-state index in [1.807, 2.05) is 4.90 Å². The van der Waals surface area contributed by atoms with Gasteiger partial charge < -0.3 is 9.64 Å². The number of hydrogen-bond donors (Lipinski definition) is 0. The number of ether oxygens (including phenoxy) is 1. The number of benzene rings is 1. The van der Waals surface area contributed by atoms with E-state index in [0.717, 1.165) is 25.9 Å². The molecule has 0 saturated carbocycles. The van der Waals surface area contributed by atoms with Gasteiger partial charge in [-0.1, -0.05) is 18.2 Å². The molecule has 0 atom stereocenters. The highest BCUT2D eigenvalue weighted by atomic mass is 16.5. The summed E-state index contributed by atoms with van der Waals surface area (Å²) in [6.45, 7) is 4.73. The Kier molecular flexibility index (Phi) is 4.83. The van der Waals surface area contributed by atoms with Crippen molar-refractivity contribution in [3.8, 4) is 0 Å². The normalized spacial score (nSPS) is 18.2. The first-order valence-corrected chi connectivity index (χ1v) is 8.48. The molecule has 0 radical (unpaired) electrons. The third-order valence-electron chi connectivity index (χ3n) is 4.76. The van der Waals surface area contributed by atoms with Crippen molar-refractivity contribution in [3.05, 3.63) is 58.3 Å². The molecule has 5 nitrogen and oxygen atoms in total. The molecule has 1 aliphatic carbocycles. The molecule has 1 saturated heterocycles. The average molecular weight is 339 g/mol. The van der Waals surface area contributed by atoms with Crippen molar-refractivity contribution in [2.24, 2.45) is 0 Å². The predicted octanol–water partition coefficient (Wildman–Crippen LogP) is 2.68. The first kappa shape index (κ1) is 17.1. The molecule has 0 amide bonds. The minimum atomic E-state index is -0.506. The number of carbonyl (C=O) groups excluding carboxylic acids is 3. The highest BCUT2D eigenvalue weighted by Crippen LogP contribution is 2.29. The van der Waals surface area contributed by atoms with E-state index in [1.54, 1.807) is 44.2 Å². The molecule has 130 valence electrons. The quantitative estimate of drug-likeness (QED) is 0.623. The average Bonchev–Trinajstić information content (AvgIpc) is 3.15. The van der Waals surface area contributed by atoms with Crippen LogP contribution in [0.3, 0.4) is 0 Å². The smallest absolute Gasteiger partial charge is 0.338 e. The molecule has 1 aromatic carbocycles. The number of hydrogen-bond acceptors (Lipinski definition) is 5. The largest absolute Gasteiger partial charge is 0.457 e. The molecule has 5 heteroatoms.